The van der Waals surface area contributed by atoms with Crippen LogP contribution in [0.3, 0.4) is 0 Å². The summed E-state index contributed by atoms with van der Waals surface area (Å²) in [5, 5.41) is 13.7. The number of hydrogen-bond acceptors (Lipinski definition) is 5. The second-order valence-electron chi connectivity index (χ2n) is 6.29. The van der Waals surface area contributed by atoms with Crippen LogP contribution in [-0.2, 0) is 11.3 Å². The number of rotatable bonds is 3. The number of Topliss-reactive ketones (excluding diaryl/α,β-unsaturated/α-hetero) is 1. The zero-order valence-electron chi connectivity index (χ0n) is 15.5. The number of benzene rings is 1. The molecule has 1 aliphatic heterocycles. The quantitative estimate of drug-likeness (QED) is 0.516. The van der Waals surface area contributed by atoms with Crippen LogP contribution >= 0.6 is 0 Å². The van der Waals surface area contributed by atoms with Gasteiger partial charge in [0.1, 0.15) is 0 Å². The number of ketones is 1. The number of nitrogens with zero attached hydrogens (tertiary/aromatic N) is 1. The molecule has 1 aliphatic rings. The molecule has 0 fully saturated rings. The molecular weight excluding hydrogens is 401 g/mol. The Labute approximate surface area is 169 Å². The molecule has 0 bridgehead atoms. The Bertz CT molecular complexity index is 1030. The number of hydrogen-bond donors (Lipinski definition) is 4. The van der Waals surface area contributed by atoms with Gasteiger partial charge in [0.05, 0.1) is 23.5 Å². The maximum atomic E-state index is 12.4. The van der Waals surface area contributed by atoms with Gasteiger partial charge in [-0.25, -0.2) is 4.79 Å². The van der Waals surface area contributed by atoms with E-state index in [2.05, 4.69) is 20.6 Å². The Kier molecular flexibility index (Phi) is 6.17. The smallest absolute Gasteiger partial charge is 0.475 e. The first-order chi connectivity index (χ1) is 14.3. The number of aromatic amines is 1. The van der Waals surface area contributed by atoms with E-state index in [9.17, 15) is 18.0 Å². The van der Waals surface area contributed by atoms with Crippen molar-refractivity contribution in [3.63, 3.8) is 0 Å². The Morgan fingerprint density at radius 2 is 1.70 bits per heavy atom. The van der Waals surface area contributed by atoms with E-state index in [-0.39, 0.29) is 5.78 Å². The lowest BCUT2D eigenvalue weighted by Gasteiger charge is -2.14. The lowest BCUT2D eigenvalue weighted by Crippen LogP contribution is -2.29. The lowest BCUT2D eigenvalue weighted by molar-refractivity contribution is -0.192. The number of pyridine rings is 1. The van der Waals surface area contributed by atoms with Crippen molar-refractivity contribution in [1.82, 2.24) is 15.3 Å². The first-order valence-electron chi connectivity index (χ1n) is 8.78. The maximum absolute atomic E-state index is 12.4. The first-order valence-corrected chi connectivity index (χ1v) is 8.78. The molecule has 3 heterocycles. The molecule has 0 unspecified atom stereocenters. The highest BCUT2D eigenvalue weighted by Crippen LogP contribution is 2.36. The SMILES string of the molecule is O=C(O)C(F)(F)F.O=C1CNCc2[nH]c(-c3ccncc3)c(Nc3ccccc3)c21. The Morgan fingerprint density at radius 1 is 1.07 bits per heavy atom. The van der Waals surface area contributed by atoms with E-state index in [0.717, 1.165) is 33.9 Å². The Morgan fingerprint density at radius 3 is 2.30 bits per heavy atom. The zero-order valence-corrected chi connectivity index (χ0v) is 15.5. The summed E-state index contributed by atoms with van der Waals surface area (Å²) in [7, 11) is 0. The minimum absolute atomic E-state index is 0.0984. The topological polar surface area (TPSA) is 107 Å². The van der Waals surface area contributed by atoms with Gasteiger partial charge in [-0.05, 0) is 24.3 Å². The summed E-state index contributed by atoms with van der Waals surface area (Å²) in [6, 6.07) is 13.8. The fraction of sp³-hybridized carbons (Fsp3) is 0.150. The number of carbonyl (C=O) groups excluding carboxylic acids is 1. The molecule has 0 atom stereocenters. The molecule has 0 amide bonds. The molecule has 3 aromatic rings. The predicted octanol–water partition coefficient (Wildman–Crippen LogP) is 3.74. The minimum Gasteiger partial charge on any atom is -0.475 e. The van der Waals surface area contributed by atoms with Gasteiger partial charge in [0.25, 0.3) is 0 Å². The van der Waals surface area contributed by atoms with Crippen molar-refractivity contribution in [2.75, 3.05) is 11.9 Å². The third-order valence-electron chi connectivity index (χ3n) is 4.20. The summed E-state index contributed by atoms with van der Waals surface area (Å²) in [6.07, 6.45) is -1.58. The number of aromatic nitrogens is 2. The second-order valence-corrected chi connectivity index (χ2v) is 6.29. The molecular formula is C20H17F3N4O3. The summed E-state index contributed by atoms with van der Waals surface area (Å²) in [5.41, 5.74) is 5.38. The second kappa shape index (κ2) is 8.78. The summed E-state index contributed by atoms with van der Waals surface area (Å²) < 4.78 is 31.7. The average molecular weight is 418 g/mol. The number of carboxylic acid groups (broad SMARTS) is 1. The summed E-state index contributed by atoms with van der Waals surface area (Å²) in [4.78, 5) is 28.8. The molecule has 0 saturated carbocycles. The van der Waals surface area contributed by atoms with E-state index >= 15 is 0 Å². The molecule has 30 heavy (non-hydrogen) atoms. The molecule has 4 N–H and O–H groups in total. The lowest BCUT2D eigenvalue weighted by atomic mass is 10.0. The highest BCUT2D eigenvalue weighted by atomic mass is 19.4. The molecule has 156 valence electrons. The maximum Gasteiger partial charge on any atom is 0.490 e. The van der Waals surface area contributed by atoms with Crippen LogP contribution in [-0.4, -0.2) is 39.5 Å². The highest BCUT2D eigenvalue weighted by molar-refractivity contribution is 6.08. The largest absolute Gasteiger partial charge is 0.490 e. The monoisotopic (exact) mass is 418 g/mol. The van der Waals surface area contributed by atoms with Gasteiger partial charge >= 0.3 is 12.1 Å². The molecule has 10 heteroatoms. The molecule has 0 spiro atoms. The number of alkyl halides is 3. The van der Waals surface area contributed by atoms with Crippen LogP contribution in [0.25, 0.3) is 11.3 Å². The van der Waals surface area contributed by atoms with E-state index < -0.39 is 12.1 Å². The average Bonchev–Trinajstić information content (AvgIpc) is 3.09. The van der Waals surface area contributed by atoms with Gasteiger partial charge in [0, 0.05) is 35.9 Å². The fourth-order valence-electron chi connectivity index (χ4n) is 2.91. The van der Waals surface area contributed by atoms with Crippen LogP contribution < -0.4 is 10.6 Å². The molecule has 0 aliphatic carbocycles. The van der Waals surface area contributed by atoms with E-state index in [1.165, 1.54) is 0 Å². The van der Waals surface area contributed by atoms with Gasteiger partial charge < -0.3 is 20.7 Å². The Hall–Kier alpha value is -3.66. The van der Waals surface area contributed by atoms with E-state index in [0.29, 0.717) is 13.1 Å². The number of carboxylic acids is 1. The van der Waals surface area contributed by atoms with Crippen LogP contribution in [0.15, 0.2) is 54.9 Å². The third kappa shape index (κ3) is 4.84. The third-order valence-corrected chi connectivity index (χ3v) is 4.20. The number of anilines is 2. The van der Waals surface area contributed by atoms with Crippen molar-refractivity contribution in [2.24, 2.45) is 0 Å². The van der Waals surface area contributed by atoms with Gasteiger partial charge in [-0.3, -0.25) is 9.78 Å². The number of para-hydroxylation sites is 1. The van der Waals surface area contributed by atoms with Crippen LogP contribution in [0.1, 0.15) is 16.1 Å². The highest BCUT2D eigenvalue weighted by Gasteiger charge is 2.38. The number of nitrogens with one attached hydrogen (secondary N) is 3. The van der Waals surface area contributed by atoms with Crippen LogP contribution in [0.5, 0.6) is 0 Å². The summed E-state index contributed by atoms with van der Waals surface area (Å²) in [5.74, 6) is -2.66. The summed E-state index contributed by atoms with van der Waals surface area (Å²) in [6.45, 7) is 1.03. The van der Waals surface area contributed by atoms with E-state index in [4.69, 9.17) is 9.90 Å². The van der Waals surface area contributed by atoms with Crippen molar-refractivity contribution in [2.45, 2.75) is 12.7 Å². The molecule has 2 aromatic heterocycles. The van der Waals surface area contributed by atoms with Crippen LogP contribution in [0, 0.1) is 0 Å². The number of fused-ring (bicyclic) bond motifs is 1. The Balaban J connectivity index is 0.000000318. The van der Waals surface area contributed by atoms with Crippen molar-refractivity contribution < 1.29 is 27.9 Å². The van der Waals surface area contributed by atoms with E-state index in [1.54, 1.807) is 12.4 Å². The van der Waals surface area contributed by atoms with Gasteiger partial charge in [0.2, 0.25) is 0 Å². The van der Waals surface area contributed by atoms with Gasteiger partial charge in [-0.2, -0.15) is 13.2 Å². The predicted molar refractivity (Wildman–Crippen MR) is 103 cm³/mol. The van der Waals surface area contributed by atoms with Crippen molar-refractivity contribution in [3.05, 3.63) is 66.1 Å². The van der Waals surface area contributed by atoms with Crippen molar-refractivity contribution in [1.29, 1.82) is 0 Å². The first kappa shape index (κ1) is 21.1. The van der Waals surface area contributed by atoms with Crippen LogP contribution in [0.2, 0.25) is 0 Å². The van der Waals surface area contributed by atoms with Gasteiger partial charge in [-0.1, -0.05) is 18.2 Å². The molecule has 1 aromatic carbocycles. The number of halogens is 3. The van der Waals surface area contributed by atoms with Crippen molar-refractivity contribution >= 4 is 23.1 Å². The number of aliphatic carboxylic acids is 1. The number of carbonyl (C=O) groups is 2. The van der Waals surface area contributed by atoms with Crippen LogP contribution in [0.4, 0.5) is 24.5 Å². The van der Waals surface area contributed by atoms with Gasteiger partial charge in [0.15, 0.2) is 5.78 Å². The van der Waals surface area contributed by atoms with Crippen molar-refractivity contribution in [3.8, 4) is 11.3 Å². The van der Waals surface area contributed by atoms with Gasteiger partial charge in [-0.15, -0.1) is 0 Å². The van der Waals surface area contributed by atoms with E-state index in [1.807, 2.05) is 42.5 Å². The normalized spacial score (nSPS) is 13.1. The molecule has 4 rings (SSSR count). The molecule has 0 saturated heterocycles. The fourth-order valence-corrected chi connectivity index (χ4v) is 2.91. The number of H-pyrrole nitrogens is 1. The molecule has 0 radical (unpaired) electrons. The standard InChI is InChI=1S/C18H16N4O.C2HF3O2/c23-15-11-20-10-14-16(15)18(21-13-4-2-1-3-5-13)17(22-14)12-6-8-19-9-7-12;3-2(4,5)1(6)7/h1-9,20-22H,10-11H2;(H,6,7). The zero-order chi connectivity index (χ0) is 21.7. The minimum atomic E-state index is -5.08. The molecule has 7 nitrogen and oxygen atoms in total. The summed E-state index contributed by atoms with van der Waals surface area (Å²) >= 11 is 0.